The Morgan fingerprint density at radius 1 is 1.11 bits per heavy atom. The molecule has 0 heteroatoms. The van der Waals surface area contributed by atoms with Gasteiger partial charge in [-0.1, -0.05) is 13.3 Å². The Bertz CT molecular complexity index is 502. The van der Waals surface area contributed by atoms with Gasteiger partial charge in [0.1, 0.15) is 0 Å². The Kier molecular flexibility index (Phi) is 1.27. The van der Waals surface area contributed by atoms with Gasteiger partial charge in [0.05, 0.1) is 0 Å². The van der Waals surface area contributed by atoms with Gasteiger partial charge in [-0.25, -0.2) is 0 Å². The van der Waals surface area contributed by atoms with Gasteiger partial charge in [-0.3, -0.25) is 0 Å². The molecule has 10 aliphatic rings. The molecule has 0 saturated heterocycles. The predicted octanol–water partition coefficient (Wildman–Crippen LogP) is 4.35. The highest BCUT2D eigenvalue weighted by Gasteiger charge is 2.87. The van der Waals surface area contributed by atoms with Crippen LogP contribution in [-0.2, 0) is 0 Å². The van der Waals surface area contributed by atoms with Gasteiger partial charge in [0, 0.05) is 0 Å². The Morgan fingerprint density at radius 3 is 2.63 bits per heavy atom. The fourth-order valence-electron chi connectivity index (χ4n) is 10.3. The van der Waals surface area contributed by atoms with Crippen molar-refractivity contribution in [3.05, 3.63) is 0 Å². The van der Waals surface area contributed by atoms with Gasteiger partial charge < -0.3 is 0 Å². The molecule has 0 N–H and O–H groups in total. The number of hydrogen-bond acceptors (Lipinski definition) is 0. The van der Waals surface area contributed by atoms with E-state index in [4.69, 9.17) is 0 Å². The molecule has 9 unspecified atom stereocenters. The lowest BCUT2D eigenvalue weighted by molar-refractivity contribution is -0.280. The van der Waals surface area contributed by atoms with Crippen LogP contribution in [0, 0.1) is 64.1 Å². The third-order valence-electron chi connectivity index (χ3n) is 10.5. The molecule has 10 fully saturated rings. The summed E-state index contributed by atoms with van der Waals surface area (Å²) in [5.41, 5.74) is 1.89. The lowest BCUT2D eigenvalue weighted by Gasteiger charge is -2.76. The predicted molar refractivity (Wildman–Crippen MR) is 74.3 cm³/mol. The monoisotopic (exact) mass is 254 g/mol. The zero-order chi connectivity index (χ0) is 12.1. The maximum atomic E-state index is 2.54. The maximum Gasteiger partial charge on any atom is -0.0196 e. The summed E-state index contributed by atoms with van der Waals surface area (Å²) < 4.78 is 0. The Morgan fingerprint density at radius 2 is 2.00 bits per heavy atom. The third kappa shape index (κ3) is 0.653. The topological polar surface area (TPSA) is 0 Å². The normalized spacial score (nSPS) is 79.7. The molecule has 0 aliphatic heterocycles. The molecule has 10 saturated carbocycles. The first-order valence-electron chi connectivity index (χ1n) is 9.31. The molecule has 9 atom stereocenters. The summed E-state index contributed by atoms with van der Waals surface area (Å²) in [6, 6.07) is 0. The van der Waals surface area contributed by atoms with Crippen LogP contribution in [0.3, 0.4) is 0 Å². The first-order chi connectivity index (χ1) is 9.31. The Labute approximate surface area is 116 Å². The number of rotatable bonds is 1. The highest BCUT2D eigenvalue weighted by Crippen LogP contribution is 2.93. The second-order valence-electron chi connectivity index (χ2n) is 9.81. The van der Waals surface area contributed by atoms with E-state index in [1.807, 2.05) is 0 Å². The smallest absolute Gasteiger partial charge is 0.0196 e. The highest BCUT2D eigenvalue weighted by atomic mass is 14.9. The maximum absolute atomic E-state index is 2.54. The van der Waals surface area contributed by atoms with Gasteiger partial charge in [-0.05, 0) is 103 Å². The highest BCUT2D eigenvalue weighted by molar-refractivity contribution is 5.35. The van der Waals surface area contributed by atoms with Crippen LogP contribution in [0.1, 0.15) is 51.9 Å². The molecule has 102 valence electrons. The molecule has 19 heavy (non-hydrogen) atoms. The summed E-state index contributed by atoms with van der Waals surface area (Å²) in [7, 11) is 0. The van der Waals surface area contributed by atoms with Crippen molar-refractivity contribution in [2.45, 2.75) is 51.9 Å². The van der Waals surface area contributed by atoms with Crippen molar-refractivity contribution >= 4 is 0 Å². The van der Waals surface area contributed by atoms with Crippen molar-refractivity contribution in [3.63, 3.8) is 0 Å². The van der Waals surface area contributed by atoms with Gasteiger partial charge in [0.2, 0.25) is 0 Å². The molecule has 10 rings (SSSR count). The van der Waals surface area contributed by atoms with Crippen molar-refractivity contribution in [3.8, 4) is 0 Å². The average molecular weight is 254 g/mol. The quantitative estimate of drug-likeness (QED) is 0.652. The molecule has 6 bridgehead atoms. The van der Waals surface area contributed by atoms with E-state index in [1.165, 1.54) is 59.7 Å². The zero-order valence-corrected chi connectivity index (χ0v) is 12.1. The second kappa shape index (κ2) is 2.46. The second-order valence-corrected chi connectivity index (χ2v) is 9.81. The Hall–Kier alpha value is 0. The lowest BCUT2D eigenvalue weighted by atomic mass is 9.28. The molecular weight excluding hydrogens is 228 g/mol. The van der Waals surface area contributed by atoms with Gasteiger partial charge in [-0.15, -0.1) is 0 Å². The van der Waals surface area contributed by atoms with E-state index in [1.54, 1.807) is 38.5 Å². The molecule has 1 spiro atoms. The van der Waals surface area contributed by atoms with Crippen LogP contribution in [0.5, 0.6) is 0 Å². The van der Waals surface area contributed by atoms with E-state index in [0.29, 0.717) is 0 Å². The van der Waals surface area contributed by atoms with Crippen LogP contribution in [0.15, 0.2) is 0 Å². The first kappa shape index (κ1) is 9.85. The molecule has 0 heterocycles. The largest absolute Gasteiger partial charge is 0.0651 e. The lowest BCUT2D eigenvalue weighted by Crippen LogP contribution is -2.70. The van der Waals surface area contributed by atoms with Crippen LogP contribution in [0.25, 0.3) is 0 Å². The number of fused-ring (bicyclic) bond motifs is 2. The van der Waals surface area contributed by atoms with Crippen molar-refractivity contribution in [2.24, 2.45) is 64.1 Å². The van der Waals surface area contributed by atoms with Crippen LogP contribution in [0.4, 0.5) is 0 Å². The fraction of sp³-hybridized carbons (Fsp3) is 1.00. The van der Waals surface area contributed by atoms with Crippen molar-refractivity contribution in [2.75, 3.05) is 0 Å². The van der Waals surface area contributed by atoms with Crippen molar-refractivity contribution < 1.29 is 0 Å². The summed E-state index contributed by atoms with van der Waals surface area (Å²) in [5, 5.41) is 0. The summed E-state index contributed by atoms with van der Waals surface area (Å²) in [6.45, 7) is 2.54. The van der Waals surface area contributed by atoms with E-state index >= 15 is 0 Å². The molecule has 0 amide bonds. The minimum absolute atomic E-state index is 0.939. The van der Waals surface area contributed by atoms with Gasteiger partial charge in [-0.2, -0.15) is 0 Å². The molecule has 0 aromatic carbocycles. The van der Waals surface area contributed by atoms with Crippen LogP contribution in [0.2, 0.25) is 0 Å². The van der Waals surface area contributed by atoms with E-state index < -0.39 is 0 Å². The third-order valence-corrected chi connectivity index (χ3v) is 10.5. The minimum atomic E-state index is 0.939. The Balaban J connectivity index is 1.46. The SMILES string of the molecule is CCC1C2C3CC4(CCC34)C2C23CC(C4CC2C4)C13. The van der Waals surface area contributed by atoms with E-state index in [9.17, 15) is 0 Å². The summed E-state index contributed by atoms with van der Waals surface area (Å²) in [4.78, 5) is 0. The van der Waals surface area contributed by atoms with E-state index in [0.717, 1.165) is 10.8 Å². The standard InChI is InChI=1S/C19H26/c1-2-11-15-13-7-18(4-3-14(13)18)17(15)19-8-12(16(11)19)9-5-10(19)6-9/h9-17H,2-8H2,1H3. The van der Waals surface area contributed by atoms with Crippen molar-refractivity contribution in [1.29, 1.82) is 0 Å². The minimum Gasteiger partial charge on any atom is -0.0651 e. The molecule has 10 aliphatic carbocycles. The zero-order valence-electron chi connectivity index (χ0n) is 12.1. The van der Waals surface area contributed by atoms with Crippen LogP contribution in [-0.4, -0.2) is 0 Å². The van der Waals surface area contributed by atoms with Gasteiger partial charge in [0.15, 0.2) is 0 Å². The molecule has 0 radical (unpaired) electrons. The molecule has 0 aromatic heterocycles. The fourth-order valence-corrected chi connectivity index (χ4v) is 10.3. The first-order valence-corrected chi connectivity index (χ1v) is 9.31. The summed E-state index contributed by atoms with van der Waals surface area (Å²) >= 11 is 0. The summed E-state index contributed by atoms with van der Waals surface area (Å²) in [5.74, 6) is 11.0. The van der Waals surface area contributed by atoms with E-state index in [2.05, 4.69) is 6.92 Å². The average Bonchev–Trinajstić information content (AvgIpc) is 2.87. The van der Waals surface area contributed by atoms with Gasteiger partial charge >= 0.3 is 0 Å². The van der Waals surface area contributed by atoms with Gasteiger partial charge in [0.25, 0.3) is 0 Å². The summed E-state index contributed by atoms with van der Waals surface area (Å²) in [6.07, 6.45) is 11.6. The molecule has 0 aromatic rings. The number of hydrogen-bond donors (Lipinski definition) is 0. The van der Waals surface area contributed by atoms with Crippen LogP contribution < -0.4 is 0 Å². The molecule has 0 nitrogen and oxygen atoms in total. The van der Waals surface area contributed by atoms with Crippen molar-refractivity contribution in [1.82, 2.24) is 0 Å². The van der Waals surface area contributed by atoms with Crippen LogP contribution >= 0.6 is 0 Å². The van der Waals surface area contributed by atoms with E-state index in [-0.39, 0.29) is 0 Å². The molecular formula is C19H26.